The summed E-state index contributed by atoms with van der Waals surface area (Å²) in [6.07, 6.45) is 6.39. The Balaban J connectivity index is 1.89. The Labute approximate surface area is 217 Å². The molecule has 0 radical (unpaired) electrons. The maximum absolute atomic E-state index is 13.6. The molecular formula is C26H33ClFN3O4S. The van der Waals surface area contributed by atoms with Gasteiger partial charge in [0.25, 0.3) is 0 Å². The minimum absolute atomic E-state index is 0.0356. The number of rotatable bonds is 10. The van der Waals surface area contributed by atoms with Gasteiger partial charge in [0.05, 0.1) is 11.9 Å². The van der Waals surface area contributed by atoms with E-state index in [1.807, 2.05) is 6.92 Å². The smallest absolute Gasteiger partial charge is 0.244 e. The molecule has 0 aliphatic heterocycles. The first-order chi connectivity index (χ1) is 17.1. The molecule has 3 rings (SSSR count). The average molecular weight is 538 g/mol. The molecule has 1 atom stereocenters. The van der Waals surface area contributed by atoms with Crippen LogP contribution in [0.5, 0.6) is 0 Å². The van der Waals surface area contributed by atoms with E-state index < -0.39 is 34.3 Å². The third kappa shape index (κ3) is 7.67. The van der Waals surface area contributed by atoms with Gasteiger partial charge >= 0.3 is 0 Å². The van der Waals surface area contributed by atoms with E-state index in [1.165, 1.54) is 29.2 Å². The topological polar surface area (TPSA) is 86.8 Å². The number of nitrogens with one attached hydrogen (secondary N) is 1. The van der Waals surface area contributed by atoms with Crippen molar-refractivity contribution < 1.29 is 22.4 Å². The summed E-state index contributed by atoms with van der Waals surface area (Å²) in [6.45, 7) is 1.35. The molecule has 1 saturated carbocycles. The Morgan fingerprint density at radius 1 is 1.06 bits per heavy atom. The fourth-order valence-electron chi connectivity index (χ4n) is 4.47. The Kier molecular flexibility index (Phi) is 9.73. The molecule has 0 aromatic heterocycles. The minimum atomic E-state index is -3.82. The summed E-state index contributed by atoms with van der Waals surface area (Å²) in [4.78, 5) is 28.3. The molecule has 0 spiro atoms. The summed E-state index contributed by atoms with van der Waals surface area (Å²) in [5.74, 6) is -1.22. The Hall–Kier alpha value is -2.65. The van der Waals surface area contributed by atoms with Crippen LogP contribution in [-0.4, -0.2) is 50.0 Å². The summed E-state index contributed by atoms with van der Waals surface area (Å²) >= 11 is 5.95. The van der Waals surface area contributed by atoms with Gasteiger partial charge in [-0.1, -0.05) is 49.9 Å². The van der Waals surface area contributed by atoms with Crippen molar-refractivity contribution in [3.63, 3.8) is 0 Å². The molecule has 1 aliphatic carbocycles. The lowest BCUT2D eigenvalue weighted by molar-refractivity contribution is -0.140. The largest absolute Gasteiger partial charge is 0.352 e. The second-order valence-electron chi connectivity index (χ2n) is 9.16. The third-order valence-electron chi connectivity index (χ3n) is 6.40. The van der Waals surface area contributed by atoms with Crippen molar-refractivity contribution in [3.05, 3.63) is 64.9 Å². The first kappa shape index (κ1) is 27.9. The summed E-state index contributed by atoms with van der Waals surface area (Å²) in [5.41, 5.74) is 0.919. The molecule has 0 bridgehead atoms. The number of sulfonamides is 1. The van der Waals surface area contributed by atoms with Crippen LogP contribution in [0.25, 0.3) is 0 Å². The average Bonchev–Trinajstić information content (AvgIpc) is 2.84. The number of benzene rings is 2. The first-order valence-corrected chi connectivity index (χ1v) is 14.4. The van der Waals surface area contributed by atoms with Crippen LogP contribution in [0.1, 0.15) is 51.0 Å². The molecule has 7 nitrogen and oxygen atoms in total. The Morgan fingerprint density at radius 3 is 2.22 bits per heavy atom. The van der Waals surface area contributed by atoms with E-state index in [0.717, 1.165) is 42.7 Å². The van der Waals surface area contributed by atoms with Crippen molar-refractivity contribution in [1.29, 1.82) is 0 Å². The number of anilines is 1. The Morgan fingerprint density at radius 2 is 1.67 bits per heavy atom. The van der Waals surface area contributed by atoms with Crippen LogP contribution in [0.2, 0.25) is 5.02 Å². The molecule has 0 heterocycles. The van der Waals surface area contributed by atoms with Gasteiger partial charge in [0.2, 0.25) is 21.8 Å². The van der Waals surface area contributed by atoms with Crippen LogP contribution >= 0.6 is 11.6 Å². The lowest BCUT2D eigenvalue weighted by Gasteiger charge is -2.34. The molecule has 1 N–H and O–H groups in total. The predicted octanol–water partition coefficient (Wildman–Crippen LogP) is 4.50. The molecule has 1 fully saturated rings. The molecule has 10 heteroatoms. The second-order valence-corrected chi connectivity index (χ2v) is 11.5. The normalized spacial score (nSPS) is 15.2. The van der Waals surface area contributed by atoms with E-state index in [0.29, 0.717) is 17.0 Å². The zero-order chi connectivity index (χ0) is 26.3. The second kappa shape index (κ2) is 12.5. The van der Waals surface area contributed by atoms with Gasteiger partial charge in [-0.2, -0.15) is 0 Å². The van der Waals surface area contributed by atoms with Gasteiger partial charge in [0, 0.05) is 17.6 Å². The Bertz CT molecular complexity index is 1140. The lowest BCUT2D eigenvalue weighted by Crippen LogP contribution is -2.53. The summed E-state index contributed by atoms with van der Waals surface area (Å²) < 4.78 is 39.7. The van der Waals surface area contributed by atoms with E-state index in [4.69, 9.17) is 11.6 Å². The van der Waals surface area contributed by atoms with E-state index in [-0.39, 0.29) is 24.2 Å². The molecule has 0 saturated heterocycles. The molecule has 2 aromatic carbocycles. The SMILES string of the molecule is CC[C@H](C(=O)NC1CCCCC1)N(Cc1ccc(F)cc1)C(=O)CN(c1ccc(Cl)cc1)S(C)(=O)=O. The zero-order valence-electron chi connectivity index (χ0n) is 20.6. The van der Waals surface area contributed by atoms with Crippen molar-refractivity contribution in [1.82, 2.24) is 10.2 Å². The number of carbonyl (C=O) groups is 2. The minimum Gasteiger partial charge on any atom is -0.352 e. The molecular weight excluding hydrogens is 505 g/mol. The maximum Gasteiger partial charge on any atom is 0.244 e. The number of hydrogen-bond acceptors (Lipinski definition) is 4. The highest BCUT2D eigenvalue weighted by Gasteiger charge is 2.32. The van der Waals surface area contributed by atoms with Crippen molar-refractivity contribution in [2.24, 2.45) is 0 Å². The van der Waals surface area contributed by atoms with Gasteiger partial charge in [0.15, 0.2) is 0 Å². The van der Waals surface area contributed by atoms with Crippen LogP contribution in [0.15, 0.2) is 48.5 Å². The van der Waals surface area contributed by atoms with Crippen molar-refractivity contribution >= 4 is 39.1 Å². The lowest BCUT2D eigenvalue weighted by atomic mass is 9.95. The van der Waals surface area contributed by atoms with Crippen LogP contribution in [0, 0.1) is 5.82 Å². The predicted molar refractivity (Wildman–Crippen MR) is 140 cm³/mol. The summed E-state index contributed by atoms with van der Waals surface area (Å²) in [7, 11) is -3.82. The molecule has 0 unspecified atom stereocenters. The highest BCUT2D eigenvalue weighted by Crippen LogP contribution is 2.23. The number of nitrogens with zero attached hydrogens (tertiary/aromatic N) is 2. The van der Waals surface area contributed by atoms with Gasteiger partial charge in [-0.25, -0.2) is 12.8 Å². The van der Waals surface area contributed by atoms with Gasteiger partial charge in [-0.05, 0) is 61.2 Å². The van der Waals surface area contributed by atoms with Gasteiger partial charge in [0.1, 0.15) is 18.4 Å². The van der Waals surface area contributed by atoms with Crippen LogP contribution in [-0.2, 0) is 26.2 Å². The van der Waals surface area contributed by atoms with E-state index in [1.54, 1.807) is 24.3 Å². The van der Waals surface area contributed by atoms with E-state index in [9.17, 15) is 22.4 Å². The summed E-state index contributed by atoms with van der Waals surface area (Å²) in [5, 5.41) is 3.51. The third-order valence-corrected chi connectivity index (χ3v) is 7.79. The number of carbonyl (C=O) groups excluding carboxylic acids is 2. The van der Waals surface area contributed by atoms with E-state index in [2.05, 4.69) is 5.32 Å². The molecule has 196 valence electrons. The number of hydrogen-bond donors (Lipinski definition) is 1. The molecule has 1 aliphatic rings. The fraction of sp³-hybridized carbons (Fsp3) is 0.462. The fourth-order valence-corrected chi connectivity index (χ4v) is 5.45. The molecule has 2 amide bonds. The zero-order valence-corrected chi connectivity index (χ0v) is 22.2. The van der Waals surface area contributed by atoms with Gasteiger partial charge in [-0.15, -0.1) is 0 Å². The van der Waals surface area contributed by atoms with E-state index >= 15 is 0 Å². The highest BCUT2D eigenvalue weighted by atomic mass is 35.5. The highest BCUT2D eigenvalue weighted by molar-refractivity contribution is 7.92. The van der Waals surface area contributed by atoms with Crippen molar-refractivity contribution in [2.75, 3.05) is 17.1 Å². The van der Waals surface area contributed by atoms with Gasteiger partial charge in [-0.3, -0.25) is 13.9 Å². The van der Waals surface area contributed by atoms with Crippen molar-refractivity contribution in [2.45, 2.75) is 64.1 Å². The quantitative estimate of drug-likeness (QED) is 0.483. The molecule has 36 heavy (non-hydrogen) atoms. The maximum atomic E-state index is 13.6. The molecule has 2 aromatic rings. The van der Waals surface area contributed by atoms with Crippen molar-refractivity contribution in [3.8, 4) is 0 Å². The number of amides is 2. The standard InChI is InChI=1S/C26H33ClFN3O4S/c1-3-24(26(33)29-22-7-5-4-6-8-22)30(17-19-9-13-21(28)14-10-19)25(32)18-31(36(2,34)35)23-15-11-20(27)12-16-23/h9-16,22,24H,3-8,17-18H2,1-2H3,(H,29,33)/t24-/m1/s1. The first-order valence-electron chi connectivity index (χ1n) is 12.2. The van der Waals surface area contributed by atoms with Crippen LogP contribution in [0.3, 0.4) is 0 Å². The number of halogens is 2. The van der Waals surface area contributed by atoms with Gasteiger partial charge < -0.3 is 10.2 Å². The van der Waals surface area contributed by atoms with Crippen LogP contribution in [0.4, 0.5) is 10.1 Å². The summed E-state index contributed by atoms with van der Waals surface area (Å²) in [6, 6.07) is 11.1. The van der Waals surface area contributed by atoms with Crippen LogP contribution < -0.4 is 9.62 Å². The monoisotopic (exact) mass is 537 g/mol.